The molecule has 0 bridgehead atoms. The van der Waals surface area contributed by atoms with Crippen molar-refractivity contribution in [3.63, 3.8) is 0 Å². The highest BCUT2D eigenvalue weighted by Crippen LogP contribution is 2.32. The van der Waals surface area contributed by atoms with Crippen molar-refractivity contribution in [2.24, 2.45) is 0 Å². The molecule has 0 aliphatic heterocycles. The average Bonchev–Trinajstić information content (AvgIpc) is 2.70. The number of hydrogen-bond donors (Lipinski definition) is 2. The summed E-state index contributed by atoms with van der Waals surface area (Å²) in [5.74, 6) is -0.176. The van der Waals surface area contributed by atoms with Crippen molar-refractivity contribution in [1.82, 2.24) is 10.2 Å². The predicted octanol–water partition coefficient (Wildman–Crippen LogP) is 3.81. The van der Waals surface area contributed by atoms with Crippen LogP contribution in [-0.2, 0) is 14.4 Å². The lowest BCUT2D eigenvalue weighted by Crippen LogP contribution is -2.61. The zero-order chi connectivity index (χ0) is 21.4. The molecule has 1 aromatic rings. The van der Waals surface area contributed by atoms with E-state index in [9.17, 15) is 14.4 Å². The third-order valence-electron chi connectivity index (χ3n) is 5.39. The summed E-state index contributed by atoms with van der Waals surface area (Å²) in [5.41, 5.74) is -0.0456. The van der Waals surface area contributed by atoms with Crippen molar-refractivity contribution in [3.05, 3.63) is 24.3 Å². The van der Waals surface area contributed by atoms with Gasteiger partial charge in [-0.15, -0.1) is 11.8 Å². The summed E-state index contributed by atoms with van der Waals surface area (Å²) in [6.45, 7) is 8.58. The lowest BCUT2D eigenvalue weighted by molar-refractivity contribution is -0.143. The molecule has 1 atom stereocenters. The van der Waals surface area contributed by atoms with Crippen molar-refractivity contribution in [3.8, 4) is 0 Å². The van der Waals surface area contributed by atoms with Gasteiger partial charge in [-0.25, -0.2) is 0 Å². The van der Waals surface area contributed by atoms with Crippen LogP contribution in [0.2, 0.25) is 0 Å². The number of nitrogens with zero attached hydrogens (tertiary/aromatic N) is 1. The number of benzene rings is 1. The zero-order valence-corrected chi connectivity index (χ0v) is 18.7. The van der Waals surface area contributed by atoms with Crippen molar-refractivity contribution in [1.29, 1.82) is 0 Å². The van der Waals surface area contributed by atoms with E-state index in [-0.39, 0.29) is 23.0 Å². The molecule has 1 aliphatic carbocycles. The summed E-state index contributed by atoms with van der Waals surface area (Å²) < 4.78 is 0. The van der Waals surface area contributed by atoms with Crippen LogP contribution in [0.5, 0.6) is 0 Å². The Balaban J connectivity index is 2.06. The molecule has 0 radical (unpaired) electrons. The quantitative estimate of drug-likeness (QED) is 0.628. The van der Waals surface area contributed by atoms with Gasteiger partial charge in [0.1, 0.15) is 5.54 Å². The van der Waals surface area contributed by atoms with Gasteiger partial charge in [0.15, 0.2) is 0 Å². The first-order valence-electron chi connectivity index (χ1n) is 10.5. The predicted molar refractivity (Wildman–Crippen MR) is 118 cm³/mol. The number of amides is 3. The van der Waals surface area contributed by atoms with Gasteiger partial charge in [0.2, 0.25) is 17.7 Å². The number of hydrogen-bond acceptors (Lipinski definition) is 4. The molecule has 0 spiro atoms. The number of thioether (sulfide) groups is 1. The molecule has 1 unspecified atom stereocenters. The normalized spacial score (nSPS) is 16.6. The molecule has 0 heterocycles. The number of likely N-dealkylation sites (N-methyl/N-ethyl adjacent to an activating group) is 1. The minimum Gasteiger partial charge on any atom is -0.341 e. The summed E-state index contributed by atoms with van der Waals surface area (Å²) in [5, 5.41) is 5.53. The Morgan fingerprint density at radius 3 is 2.17 bits per heavy atom. The van der Waals surface area contributed by atoms with Gasteiger partial charge in [0, 0.05) is 30.6 Å². The number of nitrogens with one attached hydrogen (secondary N) is 2. The minimum atomic E-state index is -0.772. The molecule has 0 aromatic heterocycles. The standard InChI is InChI=1S/C22H33N3O3S/c1-5-25(6-2)21(28)22(14-8-7-9-15-22)24-20(27)16(3)29-19-12-10-18(11-13-19)23-17(4)26/h10-13,16H,5-9,14-15H2,1-4H3,(H,23,26)(H,24,27). The topological polar surface area (TPSA) is 78.5 Å². The van der Waals surface area contributed by atoms with E-state index in [0.29, 0.717) is 25.9 Å². The fraction of sp³-hybridized carbons (Fsp3) is 0.591. The molecule has 1 aliphatic rings. The van der Waals surface area contributed by atoms with E-state index >= 15 is 0 Å². The van der Waals surface area contributed by atoms with Crippen molar-refractivity contribution < 1.29 is 14.4 Å². The van der Waals surface area contributed by atoms with Gasteiger partial charge in [0.05, 0.1) is 5.25 Å². The number of carbonyl (C=O) groups is 3. The fourth-order valence-electron chi connectivity index (χ4n) is 3.78. The summed E-state index contributed by atoms with van der Waals surface area (Å²) >= 11 is 1.45. The highest BCUT2D eigenvalue weighted by Gasteiger charge is 2.43. The smallest absolute Gasteiger partial charge is 0.248 e. The summed E-state index contributed by atoms with van der Waals surface area (Å²) in [6.07, 6.45) is 4.43. The maximum Gasteiger partial charge on any atom is 0.248 e. The number of anilines is 1. The lowest BCUT2D eigenvalue weighted by Gasteiger charge is -2.40. The Morgan fingerprint density at radius 1 is 1.07 bits per heavy atom. The van der Waals surface area contributed by atoms with E-state index in [0.717, 1.165) is 29.8 Å². The summed E-state index contributed by atoms with van der Waals surface area (Å²) in [6, 6.07) is 7.41. The van der Waals surface area contributed by atoms with E-state index < -0.39 is 5.54 Å². The molecular weight excluding hydrogens is 386 g/mol. The lowest BCUT2D eigenvalue weighted by atomic mass is 9.80. The van der Waals surface area contributed by atoms with Crippen LogP contribution in [-0.4, -0.2) is 46.5 Å². The van der Waals surface area contributed by atoms with Crippen LogP contribution in [0.1, 0.15) is 59.8 Å². The minimum absolute atomic E-state index is 0.0485. The number of rotatable bonds is 8. The summed E-state index contributed by atoms with van der Waals surface area (Å²) in [7, 11) is 0. The monoisotopic (exact) mass is 419 g/mol. The highest BCUT2D eigenvalue weighted by molar-refractivity contribution is 8.00. The Bertz CT molecular complexity index is 711. The van der Waals surface area contributed by atoms with Crippen molar-refractivity contribution in [2.75, 3.05) is 18.4 Å². The Labute approximate surface area is 178 Å². The second-order valence-corrected chi connectivity index (χ2v) is 8.99. The largest absolute Gasteiger partial charge is 0.341 e. The first-order valence-corrected chi connectivity index (χ1v) is 11.3. The van der Waals surface area contributed by atoms with Crippen LogP contribution in [0, 0.1) is 0 Å². The molecule has 7 heteroatoms. The van der Waals surface area contributed by atoms with Crippen LogP contribution in [0.3, 0.4) is 0 Å². The molecule has 0 saturated heterocycles. The van der Waals surface area contributed by atoms with Crippen LogP contribution in [0.4, 0.5) is 5.69 Å². The maximum absolute atomic E-state index is 13.2. The molecule has 1 fully saturated rings. The van der Waals surface area contributed by atoms with E-state index in [1.165, 1.54) is 18.7 Å². The van der Waals surface area contributed by atoms with Crippen LogP contribution in [0.15, 0.2) is 29.2 Å². The van der Waals surface area contributed by atoms with E-state index in [1.807, 2.05) is 49.9 Å². The van der Waals surface area contributed by atoms with E-state index in [2.05, 4.69) is 10.6 Å². The molecule has 1 aromatic carbocycles. The Hall–Kier alpha value is -2.02. The van der Waals surface area contributed by atoms with E-state index in [1.54, 1.807) is 0 Å². The zero-order valence-electron chi connectivity index (χ0n) is 17.9. The van der Waals surface area contributed by atoms with Gasteiger partial charge >= 0.3 is 0 Å². The SMILES string of the molecule is CCN(CC)C(=O)C1(NC(=O)C(C)Sc2ccc(NC(C)=O)cc2)CCCCC1. The van der Waals surface area contributed by atoms with Gasteiger partial charge in [-0.2, -0.15) is 0 Å². The van der Waals surface area contributed by atoms with Crippen molar-refractivity contribution >= 4 is 35.2 Å². The average molecular weight is 420 g/mol. The molecule has 2 rings (SSSR count). The highest BCUT2D eigenvalue weighted by atomic mass is 32.2. The van der Waals surface area contributed by atoms with Crippen LogP contribution >= 0.6 is 11.8 Å². The Kier molecular flexibility index (Phi) is 8.56. The Morgan fingerprint density at radius 2 is 1.66 bits per heavy atom. The van der Waals surface area contributed by atoms with Crippen LogP contribution in [0.25, 0.3) is 0 Å². The molecular formula is C22H33N3O3S. The molecule has 3 amide bonds. The summed E-state index contributed by atoms with van der Waals surface area (Å²) in [4.78, 5) is 40.1. The third kappa shape index (κ3) is 6.23. The van der Waals surface area contributed by atoms with Crippen molar-refractivity contribution in [2.45, 2.75) is 75.5 Å². The molecule has 160 valence electrons. The van der Waals surface area contributed by atoms with Crippen LogP contribution < -0.4 is 10.6 Å². The van der Waals surface area contributed by atoms with Gasteiger partial charge in [-0.1, -0.05) is 19.3 Å². The molecule has 29 heavy (non-hydrogen) atoms. The van der Waals surface area contributed by atoms with Gasteiger partial charge in [0.25, 0.3) is 0 Å². The van der Waals surface area contributed by atoms with Gasteiger partial charge < -0.3 is 15.5 Å². The third-order valence-corrected chi connectivity index (χ3v) is 6.50. The second-order valence-electron chi connectivity index (χ2n) is 7.58. The van der Waals surface area contributed by atoms with Gasteiger partial charge in [-0.05, 0) is 57.9 Å². The maximum atomic E-state index is 13.2. The molecule has 6 nitrogen and oxygen atoms in total. The fourth-order valence-corrected chi connectivity index (χ4v) is 4.64. The molecule has 1 saturated carbocycles. The molecule has 2 N–H and O–H groups in total. The second kappa shape index (κ2) is 10.7. The number of carbonyl (C=O) groups excluding carboxylic acids is 3. The first-order chi connectivity index (χ1) is 13.8. The van der Waals surface area contributed by atoms with Gasteiger partial charge in [-0.3, -0.25) is 14.4 Å². The van der Waals surface area contributed by atoms with E-state index in [4.69, 9.17) is 0 Å². The first kappa shape index (κ1) is 23.3.